The van der Waals surface area contributed by atoms with Crippen LogP contribution in [0.15, 0.2) is 28.7 Å². The number of hydrogen-bond donors (Lipinski definition) is 0. The van der Waals surface area contributed by atoms with Crippen molar-refractivity contribution in [1.82, 2.24) is 0 Å². The highest BCUT2D eigenvalue weighted by Crippen LogP contribution is 2.40. The van der Waals surface area contributed by atoms with Gasteiger partial charge in [-0.25, -0.2) is 0 Å². The Kier molecular flexibility index (Phi) is 4.21. The van der Waals surface area contributed by atoms with Gasteiger partial charge in [0.15, 0.2) is 0 Å². The van der Waals surface area contributed by atoms with Crippen LogP contribution >= 0.6 is 15.9 Å². The Bertz CT molecular complexity index is 382. The van der Waals surface area contributed by atoms with E-state index in [4.69, 9.17) is 4.74 Å². The average Bonchev–Trinajstić information content (AvgIpc) is 2.25. The zero-order valence-corrected chi connectivity index (χ0v) is 11.6. The number of benzene rings is 1. The monoisotopic (exact) mass is 296 g/mol. The summed E-state index contributed by atoms with van der Waals surface area (Å²) in [6, 6.07) is 8.01. The molecule has 1 aromatic rings. The van der Waals surface area contributed by atoms with Crippen LogP contribution in [0.1, 0.15) is 37.7 Å². The Hall–Kier alpha value is -0.830. The molecule has 1 atom stereocenters. The summed E-state index contributed by atoms with van der Waals surface area (Å²) in [5.74, 6) is 0.326. The molecule has 0 saturated heterocycles. The second-order valence-corrected chi connectivity index (χ2v) is 5.39. The molecule has 92 valence electrons. The molecule has 1 fully saturated rings. The molecule has 0 spiro atoms. The van der Waals surface area contributed by atoms with E-state index >= 15 is 0 Å². The minimum Gasteiger partial charge on any atom is -0.466 e. The van der Waals surface area contributed by atoms with Gasteiger partial charge in [-0.3, -0.25) is 4.79 Å². The van der Waals surface area contributed by atoms with Crippen molar-refractivity contribution in [1.29, 1.82) is 0 Å². The van der Waals surface area contributed by atoms with E-state index in [-0.39, 0.29) is 11.9 Å². The molecule has 2 nitrogen and oxygen atoms in total. The number of carbonyl (C=O) groups is 1. The maximum absolute atomic E-state index is 12.0. The van der Waals surface area contributed by atoms with Crippen molar-refractivity contribution in [2.45, 2.75) is 32.1 Å². The maximum Gasteiger partial charge on any atom is 0.313 e. The summed E-state index contributed by atoms with van der Waals surface area (Å²) in [6.45, 7) is 2.32. The molecule has 0 unspecified atom stereocenters. The molecule has 0 N–H and O–H groups in total. The first-order valence-corrected chi connectivity index (χ1v) is 6.93. The Morgan fingerprint density at radius 3 is 2.53 bits per heavy atom. The molecule has 1 aliphatic rings. The molecule has 0 aliphatic heterocycles. The third kappa shape index (κ3) is 2.89. The maximum atomic E-state index is 12.0. The fraction of sp³-hybridized carbons (Fsp3) is 0.500. The van der Waals surface area contributed by atoms with E-state index in [1.807, 2.05) is 31.2 Å². The first kappa shape index (κ1) is 12.6. The van der Waals surface area contributed by atoms with Gasteiger partial charge >= 0.3 is 5.97 Å². The summed E-state index contributed by atoms with van der Waals surface area (Å²) in [5, 5.41) is 0. The molecule has 3 heteroatoms. The highest BCUT2D eigenvalue weighted by Gasteiger charge is 2.34. The second-order valence-electron chi connectivity index (χ2n) is 4.47. The molecule has 0 amide bonds. The van der Waals surface area contributed by atoms with Crippen LogP contribution in [0.25, 0.3) is 0 Å². The van der Waals surface area contributed by atoms with E-state index < -0.39 is 0 Å². The molecular formula is C14H17BrO2. The van der Waals surface area contributed by atoms with Gasteiger partial charge in [0, 0.05) is 4.47 Å². The topological polar surface area (TPSA) is 26.3 Å². The van der Waals surface area contributed by atoms with Gasteiger partial charge < -0.3 is 4.74 Å². The largest absolute Gasteiger partial charge is 0.466 e. The number of rotatable bonds is 4. The predicted octanol–water partition coefficient (Wildman–Crippen LogP) is 3.90. The fourth-order valence-electron chi connectivity index (χ4n) is 2.28. The van der Waals surface area contributed by atoms with Gasteiger partial charge in [0.05, 0.1) is 12.5 Å². The summed E-state index contributed by atoms with van der Waals surface area (Å²) < 4.78 is 6.23. The highest BCUT2D eigenvalue weighted by molar-refractivity contribution is 9.10. The molecule has 2 rings (SSSR count). The minimum absolute atomic E-state index is 0.0699. The van der Waals surface area contributed by atoms with Crippen LogP contribution in [-0.4, -0.2) is 12.6 Å². The molecule has 1 aliphatic carbocycles. The summed E-state index contributed by atoms with van der Waals surface area (Å²) in [7, 11) is 0. The number of halogens is 1. The minimum atomic E-state index is -0.0724. The van der Waals surface area contributed by atoms with Gasteiger partial charge in [-0.05, 0) is 43.4 Å². The number of carbonyl (C=O) groups excluding carboxylic acids is 1. The third-order valence-electron chi connectivity index (χ3n) is 3.39. The number of esters is 1. The quantitative estimate of drug-likeness (QED) is 0.788. The van der Waals surface area contributed by atoms with Crippen molar-refractivity contribution in [2.75, 3.05) is 6.61 Å². The highest BCUT2D eigenvalue weighted by atomic mass is 79.9. The van der Waals surface area contributed by atoms with E-state index in [9.17, 15) is 4.79 Å². The molecule has 1 saturated carbocycles. The van der Waals surface area contributed by atoms with Gasteiger partial charge in [0.1, 0.15) is 0 Å². The zero-order valence-electron chi connectivity index (χ0n) is 9.99. The molecule has 1 aromatic carbocycles. The lowest BCUT2D eigenvalue weighted by Crippen LogP contribution is -2.28. The molecule has 17 heavy (non-hydrogen) atoms. The van der Waals surface area contributed by atoms with Crippen LogP contribution in [0.4, 0.5) is 0 Å². The van der Waals surface area contributed by atoms with Crippen molar-refractivity contribution < 1.29 is 9.53 Å². The Balaban J connectivity index is 2.19. The lowest BCUT2D eigenvalue weighted by atomic mass is 9.73. The van der Waals surface area contributed by atoms with Crippen molar-refractivity contribution in [3.8, 4) is 0 Å². The lowest BCUT2D eigenvalue weighted by molar-refractivity contribution is -0.147. The zero-order chi connectivity index (χ0) is 12.3. The van der Waals surface area contributed by atoms with E-state index in [2.05, 4.69) is 15.9 Å². The summed E-state index contributed by atoms with van der Waals surface area (Å²) in [6.07, 6.45) is 3.51. The van der Waals surface area contributed by atoms with Crippen LogP contribution in [0.2, 0.25) is 0 Å². The van der Waals surface area contributed by atoms with Gasteiger partial charge in [0.2, 0.25) is 0 Å². The Morgan fingerprint density at radius 1 is 1.41 bits per heavy atom. The molecule has 0 aromatic heterocycles. The summed E-state index contributed by atoms with van der Waals surface area (Å²) in [4.78, 5) is 12.0. The van der Waals surface area contributed by atoms with Crippen LogP contribution < -0.4 is 0 Å². The van der Waals surface area contributed by atoms with Gasteiger partial charge in [-0.1, -0.05) is 34.5 Å². The predicted molar refractivity (Wildman–Crippen MR) is 70.9 cm³/mol. The van der Waals surface area contributed by atoms with Gasteiger partial charge in [-0.2, -0.15) is 0 Å². The van der Waals surface area contributed by atoms with E-state index in [1.54, 1.807) is 0 Å². The first-order chi connectivity index (χ1) is 8.22. The molecule has 0 heterocycles. The van der Waals surface area contributed by atoms with E-state index in [0.717, 1.165) is 22.9 Å². The molecule has 0 radical (unpaired) electrons. The standard InChI is InChI=1S/C14H17BrO2/c1-2-17-14(16)13(10-4-3-5-10)11-6-8-12(15)9-7-11/h6-10,13H,2-5H2,1H3/t13-/m0/s1. The van der Waals surface area contributed by atoms with Crippen molar-refractivity contribution in [3.05, 3.63) is 34.3 Å². The fourth-order valence-corrected chi connectivity index (χ4v) is 2.54. The van der Waals surface area contributed by atoms with Gasteiger partial charge in [0.25, 0.3) is 0 Å². The van der Waals surface area contributed by atoms with E-state index in [0.29, 0.717) is 12.5 Å². The normalized spacial score (nSPS) is 17.3. The third-order valence-corrected chi connectivity index (χ3v) is 3.92. The van der Waals surface area contributed by atoms with Crippen LogP contribution in [-0.2, 0) is 9.53 Å². The molecule has 0 bridgehead atoms. The van der Waals surface area contributed by atoms with Crippen LogP contribution in [0.5, 0.6) is 0 Å². The SMILES string of the molecule is CCOC(=O)[C@H](c1ccc(Br)cc1)C1CCC1. The van der Waals surface area contributed by atoms with Gasteiger partial charge in [-0.15, -0.1) is 0 Å². The Morgan fingerprint density at radius 2 is 2.06 bits per heavy atom. The smallest absolute Gasteiger partial charge is 0.313 e. The van der Waals surface area contributed by atoms with E-state index in [1.165, 1.54) is 6.42 Å². The second kappa shape index (κ2) is 5.67. The van der Waals surface area contributed by atoms with Crippen molar-refractivity contribution in [2.24, 2.45) is 5.92 Å². The first-order valence-electron chi connectivity index (χ1n) is 6.14. The average molecular weight is 297 g/mol. The van der Waals surface area contributed by atoms with Crippen LogP contribution in [0, 0.1) is 5.92 Å². The summed E-state index contributed by atoms with van der Waals surface area (Å²) in [5.41, 5.74) is 1.08. The van der Waals surface area contributed by atoms with Crippen molar-refractivity contribution in [3.63, 3.8) is 0 Å². The van der Waals surface area contributed by atoms with Crippen molar-refractivity contribution >= 4 is 21.9 Å². The summed E-state index contributed by atoms with van der Waals surface area (Å²) >= 11 is 3.41. The molecular weight excluding hydrogens is 280 g/mol. The van der Waals surface area contributed by atoms with Crippen LogP contribution in [0.3, 0.4) is 0 Å². The number of hydrogen-bond acceptors (Lipinski definition) is 2. The number of ether oxygens (including phenoxy) is 1. The Labute approximate surface area is 110 Å². The lowest BCUT2D eigenvalue weighted by Gasteiger charge is -2.32.